The first-order valence-electron chi connectivity index (χ1n) is 12.7. The number of methoxy groups -OCH3 is 2. The third-order valence-corrected chi connectivity index (χ3v) is 8.69. The van der Waals surface area contributed by atoms with Gasteiger partial charge in [-0.25, -0.2) is 8.42 Å². The molecule has 0 saturated carbocycles. The molecule has 39 heavy (non-hydrogen) atoms. The van der Waals surface area contributed by atoms with Crippen molar-refractivity contribution in [1.82, 2.24) is 5.32 Å². The van der Waals surface area contributed by atoms with E-state index in [-0.39, 0.29) is 17.2 Å². The Bertz CT molecular complexity index is 1330. The van der Waals surface area contributed by atoms with Crippen LogP contribution in [0.3, 0.4) is 0 Å². The number of hydrogen-bond donors (Lipinski definition) is 1. The molecule has 0 heterocycles. The zero-order valence-corrected chi connectivity index (χ0v) is 24.4. The number of thioether (sulfide) groups is 1. The largest absolute Gasteiger partial charge is 0.494 e. The lowest BCUT2D eigenvalue weighted by molar-refractivity contribution is -0.119. The van der Waals surface area contributed by atoms with Gasteiger partial charge in [-0.3, -0.25) is 9.10 Å². The van der Waals surface area contributed by atoms with Crippen molar-refractivity contribution < 1.29 is 27.4 Å². The molecule has 0 atom stereocenters. The molecular formula is C29H36N2O6S2. The molecule has 10 heteroatoms. The van der Waals surface area contributed by atoms with Crippen LogP contribution in [0.5, 0.6) is 17.2 Å². The van der Waals surface area contributed by atoms with Crippen molar-refractivity contribution in [3.8, 4) is 17.2 Å². The number of benzene rings is 3. The number of ether oxygens (including phenoxy) is 3. The van der Waals surface area contributed by atoms with Gasteiger partial charge in [0, 0.05) is 18.4 Å². The summed E-state index contributed by atoms with van der Waals surface area (Å²) in [5, 5.41) is 2.86. The Kier molecular flexibility index (Phi) is 11.4. The van der Waals surface area contributed by atoms with Gasteiger partial charge in [0.15, 0.2) is 11.5 Å². The molecule has 0 saturated heterocycles. The van der Waals surface area contributed by atoms with Crippen molar-refractivity contribution in [1.29, 1.82) is 0 Å². The maximum absolute atomic E-state index is 13.7. The number of aryl methyl sites for hydroxylation is 1. The summed E-state index contributed by atoms with van der Waals surface area (Å²) in [6.45, 7) is 4.51. The van der Waals surface area contributed by atoms with E-state index in [1.165, 1.54) is 43.5 Å². The minimum absolute atomic E-state index is 0.0191. The molecule has 0 aliphatic carbocycles. The minimum Gasteiger partial charge on any atom is -0.494 e. The van der Waals surface area contributed by atoms with Crippen LogP contribution in [0.15, 0.2) is 71.6 Å². The van der Waals surface area contributed by atoms with Crippen LogP contribution in [-0.4, -0.2) is 54.0 Å². The number of sulfonamides is 1. The fourth-order valence-electron chi connectivity index (χ4n) is 3.87. The second kappa shape index (κ2) is 14.7. The smallest absolute Gasteiger partial charge is 0.264 e. The molecule has 3 rings (SSSR count). The summed E-state index contributed by atoms with van der Waals surface area (Å²) in [6.07, 6.45) is 0.772. The number of carbonyl (C=O) groups is 1. The Morgan fingerprint density at radius 3 is 2.38 bits per heavy atom. The maximum Gasteiger partial charge on any atom is 0.264 e. The topological polar surface area (TPSA) is 94.2 Å². The van der Waals surface area contributed by atoms with Gasteiger partial charge < -0.3 is 19.5 Å². The second-order valence-electron chi connectivity index (χ2n) is 8.70. The summed E-state index contributed by atoms with van der Waals surface area (Å²) < 4.78 is 44.6. The van der Waals surface area contributed by atoms with Crippen LogP contribution >= 0.6 is 11.8 Å². The number of amides is 1. The molecule has 3 aromatic carbocycles. The van der Waals surface area contributed by atoms with E-state index in [4.69, 9.17) is 14.2 Å². The van der Waals surface area contributed by atoms with E-state index in [2.05, 4.69) is 36.5 Å². The molecular weight excluding hydrogens is 536 g/mol. The van der Waals surface area contributed by atoms with Crippen molar-refractivity contribution in [2.45, 2.75) is 30.9 Å². The highest BCUT2D eigenvalue weighted by Crippen LogP contribution is 2.32. The molecule has 210 valence electrons. The SMILES string of the molecule is CCOc1ccc(N(CC(=O)NCCCSCc2cccc(C)c2)S(=O)(=O)c2ccc(OC)c(OC)c2)cc1. The molecule has 1 N–H and O–H groups in total. The van der Waals surface area contributed by atoms with E-state index in [0.29, 0.717) is 30.3 Å². The summed E-state index contributed by atoms with van der Waals surface area (Å²) in [5.41, 5.74) is 2.85. The maximum atomic E-state index is 13.7. The fraction of sp³-hybridized carbons (Fsp3) is 0.345. The van der Waals surface area contributed by atoms with Crippen LogP contribution in [0.4, 0.5) is 5.69 Å². The van der Waals surface area contributed by atoms with Crippen LogP contribution in [0.25, 0.3) is 0 Å². The molecule has 0 fully saturated rings. The summed E-state index contributed by atoms with van der Waals surface area (Å²) >= 11 is 1.80. The Labute approximate surface area is 235 Å². The number of nitrogens with one attached hydrogen (secondary N) is 1. The van der Waals surface area contributed by atoms with E-state index < -0.39 is 15.9 Å². The molecule has 0 spiro atoms. The summed E-state index contributed by atoms with van der Waals surface area (Å²) in [6, 6.07) is 19.4. The lowest BCUT2D eigenvalue weighted by Crippen LogP contribution is -2.41. The monoisotopic (exact) mass is 572 g/mol. The van der Waals surface area contributed by atoms with Crippen molar-refractivity contribution >= 4 is 33.4 Å². The predicted molar refractivity (Wildman–Crippen MR) is 157 cm³/mol. The summed E-state index contributed by atoms with van der Waals surface area (Å²) in [4.78, 5) is 12.9. The van der Waals surface area contributed by atoms with E-state index in [9.17, 15) is 13.2 Å². The minimum atomic E-state index is -4.11. The molecule has 0 bridgehead atoms. The number of nitrogens with zero attached hydrogens (tertiary/aromatic N) is 1. The molecule has 0 aromatic heterocycles. The Hall–Kier alpha value is -3.37. The molecule has 0 aliphatic heterocycles. The van der Waals surface area contributed by atoms with Gasteiger partial charge in [-0.1, -0.05) is 29.8 Å². The van der Waals surface area contributed by atoms with Crippen molar-refractivity contribution in [3.05, 3.63) is 77.9 Å². The molecule has 8 nitrogen and oxygen atoms in total. The first-order valence-corrected chi connectivity index (χ1v) is 15.3. The Balaban J connectivity index is 1.68. The number of anilines is 1. The highest BCUT2D eigenvalue weighted by Gasteiger charge is 2.28. The van der Waals surface area contributed by atoms with Gasteiger partial charge in [-0.2, -0.15) is 11.8 Å². The van der Waals surface area contributed by atoms with Gasteiger partial charge in [-0.15, -0.1) is 0 Å². The quantitative estimate of drug-likeness (QED) is 0.255. The van der Waals surface area contributed by atoms with Crippen LogP contribution in [0.2, 0.25) is 0 Å². The molecule has 0 unspecified atom stereocenters. The summed E-state index contributed by atoms with van der Waals surface area (Å²) in [5.74, 6) is 2.68. The summed E-state index contributed by atoms with van der Waals surface area (Å²) in [7, 11) is -1.20. The number of rotatable bonds is 15. The fourth-order valence-corrected chi connectivity index (χ4v) is 6.22. The van der Waals surface area contributed by atoms with Crippen molar-refractivity contribution in [3.63, 3.8) is 0 Å². The normalized spacial score (nSPS) is 11.1. The first-order chi connectivity index (χ1) is 18.8. The third-order valence-electron chi connectivity index (χ3n) is 5.80. The van der Waals surface area contributed by atoms with Gasteiger partial charge in [0.25, 0.3) is 10.0 Å². The Morgan fingerprint density at radius 1 is 0.974 bits per heavy atom. The highest BCUT2D eigenvalue weighted by atomic mass is 32.2. The Morgan fingerprint density at radius 2 is 1.72 bits per heavy atom. The lowest BCUT2D eigenvalue weighted by atomic mass is 10.2. The van der Waals surface area contributed by atoms with Gasteiger partial charge in [0.1, 0.15) is 12.3 Å². The van der Waals surface area contributed by atoms with E-state index >= 15 is 0 Å². The van der Waals surface area contributed by atoms with Gasteiger partial charge in [-0.05, 0) is 68.0 Å². The van der Waals surface area contributed by atoms with Crippen molar-refractivity contribution in [2.24, 2.45) is 0 Å². The van der Waals surface area contributed by atoms with Gasteiger partial charge in [0.2, 0.25) is 5.91 Å². The van der Waals surface area contributed by atoms with E-state index in [1.54, 1.807) is 36.0 Å². The third kappa shape index (κ3) is 8.56. The van der Waals surface area contributed by atoms with Crippen LogP contribution in [0.1, 0.15) is 24.5 Å². The van der Waals surface area contributed by atoms with Crippen LogP contribution in [0, 0.1) is 6.92 Å². The standard InChI is InChI=1S/C29H36N2O6S2/c1-5-37-25-12-10-24(11-13-25)31(39(33,34)26-14-15-27(35-3)28(19-26)36-4)20-29(32)30-16-7-17-38-21-23-9-6-8-22(2)18-23/h6,8-15,18-19H,5,7,16-17,20-21H2,1-4H3,(H,30,32). The van der Waals surface area contributed by atoms with Crippen LogP contribution < -0.4 is 23.8 Å². The zero-order chi connectivity index (χ0) is 28.3. The molecule has 1 amide bonds. The second-order valence-corrected chi connectivity index (χ2v) is 11.7. The van der Waals surface area contributed by atoms with Gasteiger partial charge >= 0.3 is 0 Å². The molecule has 0 aliphatic rings. The number of carbonyl (C=O) groups excluding carboxylic acids is 1. The zero-order valence-electron chi connectivity index (χ0n) is 22.8. The average Bonchev–Trinajstić information content (AvgIpc) is 2.93. The van der Waals surface area contributed by atoms with Gasteiger partial charge in [0.05, 0.1) is 31.4 Å². The predicted octanol–water partition coefficient (Wildman–Crippen LogP) is 5.05. The number of hydrogen-bond acceptors (Lipinski definition) is 7. The van der Waals surface area contributed by atoms with Crippen LogP contribution in [-0.2, 0) is 20.6 Å². The van der Waals surface area contributed by atoms with Crippen molar-refractivity contribution in [2.75, 3.05) is 44.0 Å². The van der Waals surface area contributed by atoms with E-state index in [0.717, 1.165) is 22.2 Å². The highest BCUT2D eigenvalue weighted by molar-refractivity contribution is 7.98. The average molecular weight is 573 g/mol. The molecule has 0 radical (unpaired) electrons. The first kappa shape index (κ1) is 30.2. The molecule has 3 aromatic rings. The lowest BCUT2D eigenvalue weighted by Gasteiger charge is -2.24. The van der Waals surface area contributed by atoms with E-state index in [1.807, 2.05) is 6.92 Å².